The van der Waals surface area contributed by atoms with Gasteiger partial charge in [-0.3, -0.25) is 0 Å². The lowest BCUT2D eigenvalue weighted by Crippen LogP contribution is -1.99. The molecule has 5 nitrogen and oxygen atoms in total. The molecule has 5 heteroatoms. The maximum absolute atomic E-state index is 11.3. The van der Waals surface area contributed by atoms with Crippen molar-refractivity contribution in [3.8, 4) is 17.0 Å². The molecule has 1 N–H and O–H groups in total. The summed E-state index contributed by atoms with van der Waals surface area (Å²) in [6, 6.07) is 10.8. The van der Waals surface area contributed by atoms with Gasteiger partial charge < -0.3 is 14.2 Å². The smallest absolute Gasteiger partial charge is 0.339 e. The van der Waals surface area contributed by atoms with Crippen molar-refractivity contribution in [2.75, 3.05) is 6.61 Å². The van der Waals surface area contributed by atoms with Crippen LogP contribution in [0, 0.1) is 0 Å². The van der Waals surface area contributed by atoms with E-state index in [4.69, 9.17) is 4.74 Å². The summed E-state index contributed by atoms with van der Waals surface area (Å²) in [7, 11) is 0. The maximum Gasteiger partial charge on any atom is 0.339 e. The third-order valence-corrected chi connectivity index (χ3v) is 3.35. The number of benzene rings is 1. The standard InChI is InChI=1S/C18H16N2O3/c1-12(2)11-23-14-7-5-13(6-8-14)16-10-20-9-3-4-15(18(21)22)17(20)19-16/h3-10H,1,11H2,2H3,(H,21,22). The molecule has 0 spiro atoms. The number of carbonyl (C=O) groups is 1. The first kappa shape index (κ1) is 14.8. The van der Waals surface area contributed by atoms with Gasteiger partial charge in [0.05, 0.1) is 5.69 Å². The van der Waals surface area contributed by atoms with E-state index in [0.29, 0.717) is 17.9 Å². The minimum Gasteiger partial charge on any atom is -0.489 e. The maximum atomic E-state index is 11.3. The van der Waals surface area contributed by atoms with Crippen LogP contribution in [0.2, 0.25) is 0 Å². The molecular formula is C18H16N2O3. The van der Waals surface area contributed by atoms with Crippen molar-refractivity contribution >= 4 is 11.6 Å². The van der Waals surface area contributed by atoms with Gasteiger partial charge in [0, 0.05) is 18.0 Å². The van der Waals surface area contributed by atoms with Crippen LogP contribution in [-0.4, -0.2) is 27.1 Å². The molecule has 23 heavy (non-hydrogen) atoms. The van der Waals surface area contributed by atoms with Gasteiger partial charge in [-0.15, -0.1) is 0 Å². The number of ether oxygens (including phenoxy) is 1. The minimum atomic E-state index is -0.990. The zero-order valence-corrected chi connectivity index (χ0v) is 12.7. The van der Waals surface area contributed by atoms with E-state index < -0.39 is 5.97 Å². The molecule has 0 aliphatic heterocycles. The van der Waals surface area contributed by atoms with Crippen molar-refractivity contribution in [2.24, 2.45) is 0 Å². The molecule has 1 aromatic carbocycles. The first-order chi connectivity index (χ1) is 11.0. The summed E-state index contributed by atoms with van der Waals surface area (Å²) >= 11 is 0. The number of aromatic carboxylic acids is 1. The van der Waals surface area contributed by atoms with Gasteiger partial charge in [0.1, 0.15) is 17.9 Å². The van der Waals surface area contributed by atoms with Crippen molar-refractivity contribution in [3.05, 3.63) is 66.5 Å². The van der Waals surface area contributed by atoms with E-state index in [0.717, 1.165) is 16.9 Å². The van der Waals surface area contributed by atoms with Crippen LogP contribution in [0.15, 0.2) is 60.9 Å². The van der Waals surface area contributed by atoms with Crippen LogP contribution < -0.4 is 4.74 Å². The molecule has 0 unspecified atom stereocenters. The summed E-state index contributed by atoms with van der Waals surface area (Å²) in [4.78, 5) is 15.7. The fourth-order valence-corrected chi connectivity index (χ4v) is 2.25. The minimum absolute atomic E-state index is 0.181. The van der Waals surface area contributed by atoms with E-state index in [1.54, 1.807) is 22.7 Å². The molecule has 0 atom stereocenters. The number of rotatable bonds is 5. The zero-order valence-electron chi connectivity index (χ0n) is 12.7. The van der Waals surface area contributed by atoms with E-state index >= 15 is 0 Å². The van der Waals surface area contributed by atoms with E-state index in [1.807, 2.05) is 37.4 Å². The molecule has 2 aromatic heterocycles. The Morgan fingerprint density at radius 2 is 2.04 bits per heavy atom. The van der Waals surface area contributed by atoms with Crippen LogP contribution in [0.1, 0.15) is 17.3 Å². The fourth-order valence-electron chi connectivity index (χ4n) is 2.25. The highest BCUT2D eigenvalue weighted by atomic mass is 16.5. The molecule has 0 amide bonds. The van der Waals surface area contributed by atoms with Crippen molar-refractivity contribution in [2.45, 2.75) is 6.92 Å². The van der Waals surface area contributed by atoms with E-state index in [9.17, 15) is 9.90 Å². The highest BCUT2D eigenvalue weighted by molar-refractivity contribution is 5.94. The van der Waals surface area contributed by atoms with Crippen molar-refractivity contribution < 1.29 is 14.6 Å². The quantitative estimate of drug-likeness (QED) is 0.731. The SMILES string of the molecule is C=C(C)COc1ccc(-c2cn3cccc(C(=O)O)c3n2)cc1. The number of carboxylic acids is 1. The Kier molecular flexibility index (Phi) is 3.85. The molecule has 0 saturated heterocycles. The highest BCUT2D eigenvalue weighted by Crippen LogP contribution is 2.23. The summed E-state index contributed by atoms with van der Waals surface area (Å²) in [5.41, 5.74) is 3.17. The summed E-state index contributed by atoms with van der Waals surface area (Å²) in [6.45, 7) is 6.19. The first-order valence-electron chi connectivity index (χ1n) is 7.13. The number of nitrogens with zero attached hydrogens (tertiary/aromatic N) is 2. The second-order valence-corrected chi connectivity index (χ2v) is 5.35. The van der Waals surface area contributed by atoms with Crippen molar-refractivity contribution in [1.29, 1.82) is 0 Å². The number of hydrogen-bond acceptors (Lipinski definition) is 3. The molecule has 3 rings (SSSR count). The lowest BCUT2D eigenvalue weighted by atomic mass is 10.1. The van der Waals surface area contributed by atoms with E-state index in [1.165, 1.54) is 0 Å². The largest absolute Gasteiger partial charge is 0.489 e. The van der Waals surface area contributed by atoms with Gasteiger partial charge in [-0.05, 0) is 48.9 Å². The Morgan fingerprint density at radius 1 is 1.30 bits per heavy atom. The molecule has 2 heterocycles. The van der Waals surface area contributed by atoms with Crippen LogP contribution in [0.4, 0.5) is 0 Å². The second kappa shape index (κ2) is 5.96. The summed E-state index contributed by atoms with van der Waals surface area (Å²) < 4.78 is 7.28. The van der Waals surface area contributed by atoms with E-state index in [2.05, 4.69) is 11.6 Å². The molecule has 0 fully saturated rings. The second-order valence-electron chi connectivity index (χ2n) is 5.35. The summed E-state index contributed by atoms with van der Waals surface area (Å²) in [6.07, 6.45) is 3.59. The lowest BCUT2D eigenvalue weighted by molar-refractivity contribution is 0.0698. The molecule has 3 aromatic rings. The molecule has 116 valence electrons. The van der Waals surface area contributed by atoms with Crippen LogP contribution in [0.25, 0.3) is 16.9 Å². The number of pyridine rings is 1. The Bertz CT molecular complexity index is 879. The topological polar surface area (TPSA) is 63.8 Å². The number of hydrogen-bond donors (Lipinski definition) is 1. The number of imidazole rings is 1. The summed E-state index contributed by atoms with van der Waals surface area (Å²) in [5, 5.41) is 9.23. The van der Waals surface area contributed by atoms with Crippen LogP contribution in [0.5, 0.6) is 5.75 Å². The average Bonchev–Trinajstić information content (AvgIpc) is 2.97. The highest BCUT2D eigenvalue weighted by Gasteiger charge is 2.12. The Morgan fingerprint density at radius 3 is 2.70 bits per heavy atom. The number of fused-ring (bicyclic) bond motifs is 1. The molecule has 0 aliphatic rings. The van der Waals surface area contributed by atoms with Crippen molar-refractivity contribution in [3.63, 3.8) is 0 Å². The predicted molar refractivity (Wildman–Crippen MR) is 87.9 cm³/mol. The van der Waals surface area contributed by atoms with Crippen molar-refractivity contribution in [1.82, 2.24) is 9.38 Å². The third-order valence-electron chi connectivity index (χ3n) is 3.35. The number of aromatic nitrogens is 2. The molecule has 0 radical (unpaired) electrons. The molecular weight excluding hydrogens is 292 g/mol. The van der Waals surface area contributed by atoms with Crippen LogP contribution in [-0.2, 0) is 0 Å². The van der Waals surface area contributed by atoms with Gasteiger partial charge in [-0.2, -0.15) is 0 Å². The predicted octanol–water partition coefficient (Wildman–Crippen LogP) is 3.65. The third kappa shape index (κ3) is 3.08. The van der Waals surface area contributed by atoms with Gasteiger partial charge in [0.15, 0.2) is 5.65 Å². The normalized spacial score (nSPS) is 10.7. The van der Waals surface area contributed by atoms with Crippen LogP contribution in [0.3, 0.4) is 0 Å². The van der Waals surface area contributed by atoms with Gasteiger partial charge >= 0.3 is 5.97 Å². The van der Waals surface area contributed by atoms with E-state index in [-0.39, 0.29) is 5.56 Å². The molecule has 0 bridgehead atoms. The van der Waals surface area contributed by atoms with Gasteiger partial charge in [0.25, 0.3) is 0 Å². The zero-order chi connectivity index (χ0) is 16.4. The first-order valence-corrected chi connectivity index (χ1v) is 7.13. The molecule has 0 saturated carbocycles. The molecule has 0 aliphatic carbocycles. The number of carboxylic acid groups (broad SMARTS) is 1. The van der Waals surface area contributed by atoms with Gasteiger partial charge in [0.2, 0.25) is 0 Å². The average molecular weight is 308 g/mol. The Hall–Kier alpha value is -3.08. The lowest BCUT2D eigenvalue weighted by Gasteiger charge is -2.05. The van der Waals surface area contributed by atoms with Gasteiger partial charge in [-0.25, -0.2) is 9.78 Å². The van der Waals surface area contributed by atoms with Gasteiger partial charge in [-0.1, -0.05) is 6.58 Å². The summed E-state index contributed by atoms with van der Waals surface area (Å²) in [5.74, 6) is -0.233. The monoisotopic (exact) mass is 308 g/mol. The Labute approximate surface area is 133 Å². The van der Waals surface area contributed by atoms with Crippen LogP contribution >= 0.6 is 0 Å². The Balaban J connectivity index is 1.92. The fraction of sp³-hybridized carbons (Fsp3) is 0.111.